The van der Waals surface area contributed by atoms with Crippen LogP contribution in [-0.4, -0.2) is 37.3 Å². The summed E-state index contributed by atoms with van der Waals surface area (Å²) in [6.45, 7) is 5.49. The molecular weight excluding hydrogens is 574 g/mol. The SMILES string of the molecule is CCOC(=O)C1=C(C)N=c2s/c(=C3\C(=O)Nc4ccc(C)cc43)c(=O)n2[C@H]1c1cc(OC)c(OC)cc1Br. The van der Waals surface area contributed by atoms with Crippen molar-refractivity contribution in [1.29, 1.82) is 0 Å². The second-order valence-electron chi connectivity index (χ2n) is 8.73. The monoisotopic (exact) mass is 597 g/mol. The molecule has 0 radical (unpaired) electrons. The van der Waals surface area contributed by atoms with Crippen LogP contribution >= 0.6 is 27.3 Å². The van der Waals surface area contributed by atoms with Crippen LogP contribution in [0.2, 0.25) is 0 Å². The lowest BCUT2D eigenvalue weighted by Crippen LogP contribution is -2.40. The Bertz CT molecular complexity index is 1740. The van der Waals surface area contributed by atoms with Crippen LogP contribution in [0, 0.1) is 6.92 Å². The Hall–Kier alpha value is -3.70. The molecular formula is C27H24BrN3O6S. The summed E-state index contributed by atoms with van der Waals surface area (Å²) in [5, 5.41) is 2.84. The van der Waals surface area contributed by atoms with E-state index in [9.17, 15) is 14.4 Å². The number of carbonyl (C=O) groups excluding carboxylic acids is 2. The zero-order chi connectivity index (χ0) is 27.3. The predicted molar refractivity (Wildman–Crippen MR) is 146 cm³/mol. The zero-order valence-corrected chi connectivity index (χ0v) is 23.7. The van der Waals surface area contributed by atoms with Crippen molar-refractivity contribution in [2.24, 2.45) is 4.99 Å². The number of amides is 1. The molecule has 5 rings (SSSR count). The van der Waals surface area contributed by atoms with Gasteiger partial charge < -0.3 is 19.5 Å². The number of allylic oxidation sites excluding steroid dienone is 1. The van der Waals surface area contributed by atoms with E-state index in [2.05, 4.69) is 26.2 Å². The number of nitrogens with zero attached hydrogens (tertiary/aromatic N) is 2. The fourth-order valence-electron chi connectivity index (χ4n) is 4.72. The summed E-state index contributed by atoms with van der Waals surface area (Å²) in [5.74, 6) is -0.0437. The fourth-order valence-corrected chi connectivity index (χ4v) is 6.40. The standard InChI is InChI=1S/C27H24BrN3O6S/c1-6-37-26(34)20-13(3)29-27-31(22(20)14-10-18(35-4)19(36-5)11-16(14)28)25(33)23(38-27)21-15-9-12(2)7-8-17(15)30-24(21)32/h7-11,22H,6H2,1-5H3,(H,30,32)/b23-21-/t22-/m0/s1. The summed E-state index contributed by atoms with van der Waals surface area (Å²) in [5.41, 5.74) is 3.32. The minimum absolute atomic E-state index is 0.153. The molecule has 3 heterocycles. The lowest BCUT2D eigenvalue weighted by Gasteiger charge is -2.26. The lowest BCUT2D eigenvalue weighted by atomic mass is 9.95. The maximum atomic E-state index is 14.1. The number of aromatic nitrogens is 1. The molecule has 0 saturated heterocycles. The van der Waals surface area contributed by atoms with Crippen LogP contribution < -0.4 is 29.7 Å². The van der Waals surface area contributed by atoms with Gasteiger partial charge in [-0.3, -0.25) is 14.2 Å². The first-order valence-electron chi connectivity index (χ1n) is 11.8. The largest absolute Gasteiger partial charge is 0.493 e. The van der Waals surface area contributed by atoms with Gasteiger partial charge in [-0.1, -0.05) is 38.9 Å². The Kier molecular flexibility index (Phi) is 6.74. The number of carbonyl (C=O) groups is 2. The predicted octanol–water partition coefficient (Wildman–Crippen LogP) is 3.21. The van der Waals surface area contributed by atoms with Crippen molar-refractivity contribution in [2.45, 2.75) is 26.8 Å². The normalized spacial score (nSPS) is 17.4. The summed E-state index contributed by atoms with van der Waals surface area (Å²) in [6, 6.07) is 8.13. The fraction of sp³-hybridized carbons (Fsp3) is 0.259. The lowest BCUT2D eigenvalue weighted by molar-refractivity contribution is -0.139. The molecule has 3 aromatic rings. The van der Waals surface area contributed by atoms with E-state index in [-0.39, 0.29) is 28.2 Å². The molecule has 2 aliphatic rings. The average Bonchev–Trinajstić information content (AvgIpc) is 3.37. The first-order chi connectivity index (χ1) is 18.2. The van der Waals surface area contributed by atoms with E-state index >= 15 is 0 Å². The quantitative estimate of drug-likeness (QED) is 0.452. The van der Waals surface area contributed by atoms with Crippen LogP contribution in [0.1, 0.15) is 36.6 Å². The van der Waals surface area contributed by atoms with Gasteiger partial charge in [-0.25, -0.2) is 9.79 Å². The average molecular weight is 598 g/mol. The van der Waals surface area contributed by atoms with Gasteiger partial charge in [0, 0.05) is 15.7 Å². The van der Waals surface area contributed by atoms with E-state index in [0.717, 1.165) is 16.9 Å². The molecule has 2 aliphatic heterocycles. The van der Waals surface area contributed by atoms with Crippen LogP contribution in [0.3, 0.4) is 0 Å². The molecule has 0 bridgehead atoms. The van der Waals surface area contributed by atoms with Crippen LogP contribution in [-0.2, 0) is 14.3 Å². The minimum Gasteiger partial charge on any atom is -0.493 e. The Morgan fingerprint density at radius 2 is 1.84 bits per heavy atom. The van der Waals surface area contributed by atoms with Gasteiger partial charge in [-0.05, 0) is 50.6 Å². The number of ether oxygens (including phenoxy) is 3. The smallest absolute Gasteiger partial charge is 0.338 e. The van der Waals surface area contributed by atoms with Crippen molar-refractivity contribution in [3.05, 3.63) is 82.5 Å². The van der Waals surface area contributed by atoms with Crippen LogP contribution in [0.4, 0.5) is 5.69 Å². The number of esters is 1. The van der Waals surface area contributed by atoms with Gasteiger partial charge in [-0.2, -0.15) is 0 Å². The molecule has 38 heavy (non-hydrogen) atoms. The Balaban J connectivity index is 1.85. The van der Waals surface area contributed by atoms with Crippen molar-refractivity contribution in [3.63, 3.8) is 0 Å². The zero-order valence-electron chi connectivity index (χ0n) is 21.3. The Labute approximate surface area is 230 Å². The number of methoxy groups -OCH3 is 2. The highest BCUT2D eigenvalue weighted by Crippen LogP contribution is 2.41. The molecule has 2 aromatic carbocycles. The number of hydrogen-bond donors (Lipinski definition) is 1. The number of fused-ring (bicyclic) bond motifs is 2. The first-order valence-corrected chi connectivity index (χ1v) is 13.4. The van der Waals surface area contributed by atoms with Gasteiger partial charge in [0.2, 0.25) is 0 Å². The topological polar surface area (TPSA) is 108 Å². The third kappa shape index (κ3) is 4.06. The number of nitrogens with one attached hydrogen (secondary N) is 1. The third-order valence-corrected chi connectivity index (χ3v) is 8.18. The molecule has 1 atom stereocenters. The van der Waals surface area contributed by atoms with Gasteiger partial charge in [0.1, 0.15) is 4.53 Å². The second-order valence-corrected chi connectivity index (χ2v) is 10.6. The van der Waals surface area contributed by atoms with E-state index in [4.69, 9.17) is 14.2 Å². The van der Waals surface area contributed by atoms with Crippen molar-refractivity contribution < 1.29 is 23.8 Å². The summed E-state index contributed by atoms with van der Waals surface area (Å²) < 4.78 is 18.6. The number of anilines is 1. The molecule has 0 spiro atoms. The van der Waals surface area contributed by atoms with Crippen molar-refractivity contribution in [2.75, 3.05) is 26.1 Å². The van der Waals surface area contributed by atoms with Crippen LogP contribution in [0.25, 0.3) is 5.57 Å². The summed E-state index contributed by atoms with van der Waals surface area (Å²) in [4.78, 5) is 45.4. The van der Waals surface area contributed by atoms with Crippen LogP contribution in [0.5, 0.6) is 11.5 Å². The van der Waals surface area contributed by atoms with E-state index in [1.165, 1.54) is 18.8 Å². The van der Waals surface area contributed by atoms with E-state index in [0.29, 0.717) is 43.3 Å². The molecule has 11 heteroatoms. The minimum atomic E-state index is -0.893. The van der Waals surface area contributed by atoms with Gasteiger partial charge in [0.05, 0.1) is 43.7 Å². The molecule has 9 nitrogen and oxygen atoms in total. The summed E-state index contributed by atoms with van der Waals surface area (Å²) >= 11 is 4.70. The number of hydrogen-bond acceptors (Lipinski definition) is 8. The van der Waals surface area contributed by atoms with Crippen molar-refractivity contribution in [3.8, 4) is 11.5 Å². The summed E-state index contributed by atoms with van der Waals surface area (Å²) in [6.07, 6.45) is 0. The van der Waals surface area contributed by atoms with Crippen molar-refractivity contribution >= 4 is 50.4 Å². The van der Waals surface area contributed by atoms with Crippen LogP contribution in [0.15, 0.2) is 55.9 Å². The molecule has 0 saturated carbocycles. The third-order valence-electron chi connectivity index (χ3n) is 6.44. The number of benzene rings is 2. The van der Waals surface area contributed by atoms with Gasteiger partial charge in [0.15, 0.2) is 16.3 Å². The second kappa shape index (κ2) is 9.88. The van der Waals surface area contributed by atoms with Crippen molar-refractivity contribution in [1.82, 2.24) is 4.57 Å². The Morgan fingerprint density at radius 3 is 2.53 bits per heavy atom. The first kappa shape index (κ1) is 25.9. The molecule has 1 aromatic heterocycles. The molecule has 0 aliphatic carbocycles. The Morgan fingerprint density at radius 1 is 1.13 bits per heavy atom. The molecule has 0 unspecified atom stereocenters. The highest BCUT2D eigenvalue weighted by molar-refractivity contribution is 9.10. The van der Waals surface area contributed by atoms with E-state index in [1.54, 1.807) is 26.0 Å². The maximum Gasteiger partial charge on any atom is 0.338 e. The molecule has 1 amide bonds. The number of halogens is 1. The van der Waals surface area contributed by atoms with E-state index < -0.39 is 17.6 Å². The maximum absolute atomic E-state index is 14.1. The number of rotatable bonds is 5. The van der Waals surface area contributed by atoms with Gasteiger partial charge >= 0.3 is 5.97 Å². The summed E-state index contributed by atoms with van der Waals surface area (Å²) in [7, 11) is 3.03. The highest BCUT2D eigenvalue weighted by Gasteiger charge is 2.36. The number of aryl methyl sites for hydroxylation is 1. The molecule has 0 fully saturated rings. The molecule has 1 N–H and O–H groups in total. The van der Waals surface area contributed by atoms with E-state index in [1.807, 2.05) is 25.1 Å². The molecule has 196 valence electrons. The number of thiazole rings is 1. The highest BCUT2D eigenvalue weighted by atomic mass is 79.9. The van der Waals surface area contributed by atoms with Gasteiger partial charge in [0.25, 0.3) is 11.5 Å². The van der Waals surface area contributed by atoms with Gasteiger partial charge in [-0.15, -0.1) is 0 Å².